The van der Waals surface area contributed by atoms with Crippen molar-refractivity contribution >= 4 is 0 Å². The molecule has 1 aromatic carbocycles. The van der Waals surface area contributed by atoms with Crippen LogP contribution in [0.4, 0.5) is 0 Å². The van der Waals surface area contributed by atoms with E-state index < -0.39 is 0 Å². The Labute approximate surface area is 105 Å². The zero-order valence-electron chi connectivity index (χ0n) is 10.7. The molecule has 2 aliphatic rings. The van der Waals surface area contributed by atoms with E-state index in [0.29, 0.717) is 6.04 Å². The Balaban J connectivity index is 1.52. The summed E-state index contributed by atoms with van der Waals surface area (Å²) >= 11 is 0. The fourth-order valence-corrected chi connectivity index (χ4v) is 3.84. The van der Waals surface area contributed by atoms with E-state index in [2.05, 4.69) is 42.6 Å². The molecule has 1 heteroatoms. The van der Waals surface area contributed by atoms with E-state index in [4.69, 9.17) is 0 Å². The van der Waals surface area contributed by atoms with Crippen molar-refractivity contribution in [3.63, 3.8) is 0 Å². The predicted octanol–water partition coefficient (Wildman–Crippen LogP) is 3.40. The smallest absolute Gasteiger partial charge is 0.0101 e. The quantitative estimate of drug-likeness (QED) is 0.834. The Hall–Kier alpha value is -0.820. The first kappa shape index (κ1) is 11.3. The molecule has 2 bridgehead atoms. The fraction of sp³-hybridized carbons (Fsp3) is 0.625. The van der Waals surface area contributed by atoms with Crippen LogP contribution in [-0.2, 0) is 6.42 Å². The van der Waals surface area contributed by atoms with Crippen molar-refractivity contribution in [3.05, 3.63) is 35.9 Å². The van der Waals surface area contributed by atoms with Crippen LogP contribution in [0.5, 0.6) is 0 Å². The molecule has 92 valence electrons. The van der Waals surface area contributed by atoms with Gasteiger partial charge in [-0.3, -0.25) is 0 Å². The summed E-state index contributed by atoms with van der Waals surface area (Å²) in [5.41, 5.74) is 1.45. The van der Waals surface area contributed by atoms with Gasteiger partial charge in [-0.2, -0.15) is 0 Å². The van der Waals surface area contributed by atoms with Crippen LogP contribution < -0.4 is 5.32 Å². The Morgan fingerprint density at radius 1 is 1.18 bits per heavy atom. The van der Waals surface area contributed by atoms with Gasteiger partial charge in [0.15, 0.2) is 0 Å². The molecule has 0 amide bonds. The van der Waals surface area contributed by atoms with Gasteiger partial charge in [-0.05, 0) is 50.0 Å². The van der Waals surface area contributed by atoms with Gasteiger partial charge in [0.25, 0.3) is 0 Å². The third-order valence-electron chi connectivity index (χ3n) is 4.62. The van der Waals surface area contributed by atoms with Crippen LogP contribution in [0.15, 0.2) is 30.3 Å². The Kier molecular flexibility index (Phi) is 3.19. The molecule has 2 fully saturated rings. The first-order valence-electron chi connectivity index (χ1n) is 7.11. The normalized spacial score (nSPS) is 32.9. The average Bonchev–Trinajstić information content (AvgIpc) is 2.92. The van der Waals surface area contributed by atoms with Gasteiger partial charge < -0.3 is 5.32 Å². The second-order valence-corrected chi connectivity index (χ2v) is 6.04. The number of rotatable bonds is 4. The highest BCUT2D eigenvalue weighted by Gasteiger charge is 2.39. The van der Waals surface area contributed by atoms with Gasteiger partial charge in [0, 0.05) is 12.1 Å². The number of hydrogen-bond donors (Lipinski definition) is 1. The van der Waals surface area contributed by atoms with Crippen molar-refractivity contribution in [2.75, 3.05) is 0 Å². The van der Waals surface area contributed by atoms with Gasteiger partial charge in [0.2, 0.25) is 0 Å². The topological polar surface area (TPSA) is 12.0 Å². The minimum Gasteiger partial charge on any atom is -0.311 e. The van der Waals surface area contributed by atoms with E-state index in [9.17, 15) is 0 Å². The summed E-state index contributed by atoms with van der Waals surface area (Å²) in [5, 5.41) is 3.86. The summed E-state index contributed by atoms with van der Waals surface area (Å²) in [5.74, 6) is 2.03. The molecule has 1 nitrogen and oxygen atoms in total. The lowest BCUT2D eigenvalue weighted by molar-refractivity contribution is 0.323. The lowest BCUT2D eigenvalue weighted by atomic mass is 9.94. The molecular weight excluding hydrogens is 206 g/mol. The average molecular weight is 229 g/mol. The first-order valence-corrected chi connectivity index (χ1v) is 7.11. The van der Waals surface area contributed by atoms with E-state index in [1.165, 1.54) is 31.2 Å². The second kappa shape index (κ2) is 4.81. The van der Waals surface area contributed by atoms with Crippen LogP contribution in [0, 0.1) is 11.8 Å². The Morgan fingerprint density at radius 2 is 2.00 bits per heavy atom. The van der Waals surface area contributed by atoms with E-state index in [1.807, 2.05) is 0 Å². The summed E-state index contributed by atoms with van der Waals surface area (Å²) in [6.45, 7) is 2.33. The molecule has 0 aliphatic heterocycles. The molecule has 4 atom stereocenters. The molecule has 2 saturated carbocycles. The van der Waals surface area contributed by atoms with Crippen molar-refractivity contribution < 1.29 is 0 Å². The van der Waals surface area contributed by atoms with E-state index in [1.54, 1.807) is 0 Å². The highest BCUT2D eigenvalue weighted by atomic mass is 15.0. The lowest BCUT2D eigenvalue weighted by Gasteiger charge is -2.27. The number of benzene rings is 1. The molecule has 4 unspecified atom stereocenters. The van der Waals surface area contributed by atoms with Crippen LogP contribution in [0.25, 0.3) is 0 Å². The third kappa shape index (κ3) is 2.55. The SMILES string of the molecule is CC(Cc1ccccc1)NC1CC2CCC1C2. The lowest BCUT2D eigenvalue weighted by Crippen LogP contribution is -2.40. The van der Waals surface area contributed by atoms with Gasteiger partial charge in [-0.25, -0.2) is 0 Å². The van der Waals surface area contributed by atoms with Gasteiger partial charge >= 0.3 is 0 Å². The minimum absolute atomic E-state index is 0.613. The highest BCUT2D eigenvalue weighted by Crippen LogP contribution is 2.44. The monoisotopic (exact) mass is 229 g/mol. The van der Waals surface area contributed by atoms with Crippen molar-refractivity contribution in [1.82, 2.24) is 5.32 Å². The van der Waals surface area contributed by atoms with Crippen molar-refractivity contribution in [3.8, 4) is 0 Å². The van der Waals surface area contributed by atoms with Gasteiger partial charge in [0.1, 0.15) is 0 Å². The molecule has 0 spiro atoms. The standard InChI is InChI=1S/C16H23N/c1-12(9-13-5-3-2-4-6-13)17-16-11-14-7-8-15(16)10-14/h2-6,12,14-17H,7-11H2,1H3. The number of fused-ring (bicyclic) bond motifs is 2. The molecule has 1 N–H and O–H groups in total. The Bertz CT molecular complexity index is 359. The van der Waals surface area contributed by atoms with Gasteiger partial charge in [-0.1, -0.05) is 36.8 Å². The van der Waals surface area contributed by atoms with Crippen molar-refractivity contribution in [1.29, 1.82) is 0 Å². The number of nitrogens with one attached hydrogen (secondary N) is 1. The molecule has 1 aromatic rings. The summed E-state index contributed by atoms with van der Waals surface area (Å²) in [6, 6.07) is 12.3. The maximum Gasteiger partial charge on any atom is 0.0101 e. The highest BCUT2D eigenvalue weighted by molar-refractivity contribution is 5.15. The zero-order chi connectivity index (χ0) is 11.7. The van der Waals surface area contributed by atoms with E-state index in [0.717, 1.165) is 24.3 Å². The molecule has 0 aromatic heterocycles. The zero-order valence-corrected chi connectivity index (χ0v) is 10.7. The number of hydrogen-bond acceptors (Lipinski definition) is 1. The molecule has 3 rings (SSSR count). The summed E-state index contributed by atoms with van der Waals surface area (Å²) in [7, 11) is 0. The van der Waals surface area contributed by atoms with Crippen LogP contribution in [-0.4, -0.2) is 12.1 Å². The maximum atomic E-state index is 3.86. The molecule has 2 aliphatic carbocycles. The molecule has 17 heavy (non-hydrogen) atoms. The van der Waals surface area contributed by atoms with Gasteiger partial charge in [-0.15, -0.1) is 0 Å². The first-order chi connectivity index (χ1) is 8.31. The van der Waals surface area contributed by atoms with Crippen molar-refractivity contribution in [2.45, 2.75) is 51.1 Å². The van der Waals surface area contributed by atoms with Crippen molar-refractivity contribution in [2.24, 2.45) is 11.8 Å². The predicted molar refractivity (Wildman–Crippen MR) is 72.0 cm³/mol. The molecule has 0 saturated heterocycles. The summed E-state index contributed by atoms with van der Waals surface area (Å²) in [6.07, 6.45) is 7.06. The van der Waals surface area contributed by atoms with Crippen LogP contribution in [0.2, 0.25) is 0 Å². The molecule has 0 heterocycles. The maximum absolute atomic E-state index is 3.86. The van der Waals surface area contributed by atoms with E-state index in [-0.39, 0.29) is 0 Å². The van der Waals surface area contributed by atoms with Gasteiger partial charge in [0.05, 0.1) is 0 Å². The molecule has 0 radical (unpaired) electrons. The summed E-state index contributed by atoms with van der Waals surface area (Å²) < 4.78 is 0. The van der Waals surface area contributed by atoms with E-state index >= 15 is 0 Å². The molecular formula is C16H23N. The van der Waals surface area contributed by atoms with Crippen LogP contribution in [0.3, 0.4) is 0 Å². The van der Waals surface area contributed by atoms with Crippen LogP contribution >= 0.6 is 0 Å². The van der Waals surface area contributed by atoms with Crippen LogP contribution in [0.1, 0.15) is 38.2 Å². The fourth-order valence-electron chi connectivity index (χ4n) is 3.84. The second-order valence-electron chi connectivity index (χ2n) is 6.04. The Morgan fingerprint density at radius 3 is 2.65 bits per heavy atom. The minimum atomic E-state index is 0.613. The largest absolute Gasteiger partial charge is 0.311 e. The third-order valence-corrected chi connectivity index (χ3v) is 4.62. The summed E-state index contributed by atoms with van der Waals surface area (Å²) in [4.78, 5) is 0.